The van der Waals surface area contributed by atoms with Crippen molar-refractivity contribution in [3.8, 4) is 5.82 Å². The van der Waals surface area contributed by atoms with Gasteiger partial charge in [-0.1, -0.05) is 11.6 Å². The third kappa shape index (κ3) is 3.89. The van der Waals surface area contributed by atoms with Gasteiger partial charge in [-0.2, -0.15) is 5.10 Å². The predicted octanol–water partition coefficient (Wildman–Crippen LogP) is 2.66. The zero-order chi connectivity index (χ0) is 22.3. The Kier molecular flexibility index (Phi) is 5.47. The number of hydrogen-bond donors (Lipinski definition) is 2. The Labute approximate surface area is 183 Å². The lowest BCUT2D eigenvalue weighted by Gasteiger charge is -2.25. The summed E-state index contributed by atoms with van der Waals surface area (Å²) < 4.78 is 1.60. The molecule has 0 aromatic carbocycles. The average molecular weight is 441 g/mol. The van der Waals surface area contributed by atoms with E-state index in [0.29, 0.717) is 22.0 Å². The van der Waals surface area contributed by atoms with E-state index < -0.39 is 12.0 Å². The number of amides is 2. The molecule has 2 atom stereocenters. The summed E-state index contributed by atoms with van der Waals surface area (Å²) in [5.74, 6) is 0.213. The number of carbonyl (C=O) groups is 2. The van der Waals surface area contributed by atoms with Gasteiger partial charge in [0, 0.05) is 23.5 Å². The van der Waals surface area contributed by atoms with Crippen molar-refractivity contribution < 1.29 is 14.7 Å². The first kappa shape index (κ1) is 21.0. The zero-order valence-corrected chi connectivity index (χ0v) is 18.0. The highest BCUT2D eigenvalue weighted by Crippen LogP contribution is 2.34. The number of hydrogen-bond acceptors (Lipinski definition) is 6. The van der Waals surface area contributed by atoms with Crippen molar-refractivity contribution in [1.29, 1.82) is 0 Å². The summed E-state index contributed by atoms with van der Waals surface area (Å²) in [5.41, 5.74) is 2.86. The fourth-order valence-corrected chi connectivity index (χ4v) is 3.68. The molecule has 0 radical (unpaired) electrons. The van der Waals surface area contributed by atoms with E-state index in [2.05, 4.69) is 20.4 Å². The summed E-state index contributed by atoms with van der Waals surface area (Å²) in [6.45, 7) is 5.50. The van der Waals surface area contributed by atoms with Crippen molar-refractivity contribution >= 4 is 29.2 Å². The van der Waals surface area contributed by atoms with Crippen LogP contribution in [0.4, 0.5) is 5.82 Å². The monoisotopic (exact) mass is 440 g/mol. The third-order valence-electron chi connectivity index (χ3n) is 5.29. The molecule has 4 heterocycles. The van der Waals surface area contributed by atoms with Crippen LogP contribution in [0.1, 0.15) is 46.9 Å². The van der Waals surface area contributed by atoms with Crippen molar-refractivity contribution in [2.24, 2.45) is 0 Å². The molecule has 2 N–H and O–H groups in total. The number of nitrogens with zero attached hydrogens (tertiary/aromatic N) is 5. The zero-order valence-electron chi connectivity index (χ0n) is 17.2. The van der Waals surface area contributed by atoms with Gasteiger partial charge >= 0.3 is 0 Å². The second-order valence-corrected chi connectivity index (χ2v) is 7.91. The lowest BCUT2D eigenvalue weighted by Crippen LogP contribution is -2.28. The maximum Gasteiger partial charge on any atom is 0.255 e. The number of aliphatic hydroxyl groups is 1. The number of aryl methyl sites for hydroxylation is 1. The van der Waals surface area contributed by atoms with Gasteiger partial charge in [-0.15, -0.1) is 0 Å². The summed E-state index contributed by atoms with van der Waals surface area (Å²) in [6.07, 6.45) is 5.23. The van der Waals surface area contributed by atoms with Crippen LogP contribution in [-0.2, 0) is 11.3 Å². The molecule has 10 heteroatoms. The molecule has 0 saturated heterocycles. The topological polar surface area (TPSA) is 113 Å². The van der Waals surface area contributed by atoms with Crippen molar-refractivity contribution in [2.75, 3.05) is 5.32 Å². The van der Waals surface area contributed by atoms with Crippen LogP contribution < -0.4 is 5.32 Å². The van der Waals surface area contributed by atoms with Crippen molar-refractivity contribution in [2.45, 2.75) is 39.5 Å². The molecule has 4 rings (SSSR count). The average Bonchev–Trinajstić information content (AvgIpc) is 3.31. The highest BCUT2D eigenvalue weighted by molar-refractivity contribution is 6.30. The Balaban J connectivity index is 1.59. The van der Waals surface area contributed by atoms with Crippen LogP contribution in [0.15, 0.2) is 36.9 Å². The smallest absolute Gasteiger partial charge is 0.255 e. The van der Waals surface area contributed by atoms with Crippen LogP contribution in [0.5, 0.6) is 0 Å². The number of pyridine rings is 2. The number of nitrogens with one attached hydrogen (secondary N) is 1. The summed E-state index contributed by atoms with van der Waals surface area (Å²) in [6, 6.07) is 3.34. The second-order valence-electron chi connectivity index (χ2n) is 7.47. The number of carbonyl (C=O) groups excluding carboxylic acids is 2. The largest absolute Gasteiger partial charge is 0.384 e. The number of rotatable bonds is 5. The third-order valence-corrected chi connectivity index (χ3v) is 5.48. The van der Waals surface area contributed by atoms with Crippen LogP contribution in [0, 0.1) is 6.92 Å². The van der Waals surface area contributed by atoms with Crippen LogP contribution in [0.2, 0.25) is 5.02 Å². The Morgan fingerprint density at radius 1 is 1.29 bits per heavy atom. The molecule has 2 amide bonds. The van der Waals surface area contributed by atoms with Crippen LogP contribution in [0.25, 0.3) is 5.82 Å². The molecule has 9 nitrogen and oxygen atoms in total. The van der Waals surface area contributed by atoms with Gasteiger partial charge in [-0.3, -0.25) is 9.59 Å². The van der Waals surface area contributed by atoms with E-state index in [1.807, 2.05) is 19.9 Å². The van der Waals surface area contributed by atoms with Gasteiger partial charge in [0.15, 0.2) is 5.82 Å². The molecule has 0 fully saturated rings. The second kappa shape index (κ2) is 8.09. The van der Waals surface area contributed by atoms with Crippen molar-refractivity contribution in [1.82, 2.24) is 24.6 Å². The van der Waals surface area contributed by atoms with Crippen LogP contribution >= 0.6 is 11.6 Å². The van der Waals surface area contributed by atoms with Crippen LogP contribution in [0.3, 0.4) is 0 Å². The highest BCUT2D eigenvalue weighted by atomic mass is 35.5. The van der Waals surface area contributed by atoms with Gasteiger partial charge in [-0.05, 0) is 44.0 Å². The standard InChI is InChI=1S/C21H21ClN6O3/c1-11-6-14(7-24-19(11)28-9-15(22)8-25-28)12(2)27-10-17-16(21(27)31)4-5-23-18(17)26-20(30)13(3)29/h4-9,12-13,29H,10H2,1-3H3,(H,23,26,30). The number of anilines is 1. The minimum absolute atomic E-state index is 0.155. The molecule has 0 saturated carbocycles. The lowest BCUT2D eigenvalue weighted by atomic mass is 10.1. The highest BCUT2D eigenvalue weighted by Gasteiger charge is 2.34. The van der Waals surface area contributed by atoms with E-state index in [-0.39, 0.29) is 24.3 Å². The van der Waals surface area contributed by atoms with Gasteiger partial charge in [0.05, 0.1) is 30.0 Å². The van der Waals surface area contributed by atoms with Crippen molar-refractivity contribution in [3.05, 3.63) is 64.2 Å². The quantitative estimate of drug-likeness (QED) is 0.630. The van der Waals surface area contributed by atoms with Crippen molar-refractivity contribution in [3.63, 3.8) is 0 Å². The number of aromatic nitrogens is 4. The van der Waals surface area contributed by atoms with E-state index in [0.717, 1.165) is 11.1 Å². The van der Waals surface area contributed by atoms with E-state index in [4.69, 9.17) is 11.6 Å². The molecule has 1 aliphatic rings. The fourth-order valence-electron chi connectivity index (χ4n) is 3.55. The SMILES string of the molecule is Cc1cc(C(C)N2Cc3c(ccnc3NC(=O)C(C)O)C2=O)cnc1-n1cc(Cl)cn1. The minimum atomic E-state index is -1.18. The summed E-state index contributed by atoms with van der Waals surface area (Å²) in [7, 11) is 0. The minimum Gasteiger partial charge on any atom is -0.384 e. The van der Waals surface area contributed by atoms with Crippen LogP contribution in [-0.4, -0.2) is 47.7 Å². The molecule has 0 bridgehead atoms. The predicted molar refractivity (Wildman–Crippen MR) is 114 cm³/mol. The maximum absolute atomic E-state index is 13.0. The van der Waals surface area contributed by atoms with Gasteiger partial charge in [0.1, 0.15) is 11.9 Å². The number of fused-ring (bicyclic) bond motifs is 1. The number of aliphatic hydroxyl groups excluding tert-OH is 1. The van der Waals surface area contributed by atoms with Gasteiger partial charge in [0.2, 0.25) is 0 Å². The van der Waals surface area contributed by atoms with E-state index in [1.165, 1.54) is 13.1 Å². The van der Waals surface area contributed by atoms with Gasteiger partial charge in [0.25, 0.3) is 11.8 Å². The molecule has 3 aromatic rings. The first-order valence-electron chi connectivity index (χ1n) is 9.71. The number of halogens is 1. The lowest BCUT2D eigenvalue weighted by molar-refractivity contribution is -0.123. The van der Waals surface area contributed by atoms with Gasteiger partial charge in [-0.25, -0.2) is 14.6 Å². The molecule has 0 spiro atoms. The Morgan fingerprint density at radius 3 is 2.71 bits per heavy atom. The summed E-state index contributed by atoms with van der Waals surface area (Å²) >= 11 is 5.95. The Hall–Kier alpha value is -3.30. The Morgan fingerprint density at radius 2 is 2.06 bits per heavy atom. The molecule has 0 aliphatic carbocycles. The molecular formula is C21H21ClN6O3. The molecule has 2 unspecified atom stereocenters. The maximum atomic E-state index is 13.0. The molecule has 1 aliphatic heterocycles. The van der Waals surface area contributed by atoms with E-state index in [1.54, 1.807) is 34.2 Å². The first-order chi connectivity index (χ1) is 14.8. The molecule has 31 heavy (non-hydrogen) atoms. The molecule has 3 aromatic heterocycles. The fraction of sp³-hybridized carbons (Fsp3) is 0.286. The first-order valence-corrected chi connectivity index (χ1v) is 10.1. The van der Waals surface area contributed by atoms with E-state index in [9.17, 15) is 14.7 Å². The molecule has 160 valence electrons. The normalized spacial score (nSPS) is 15.0. The molecular weight excluding hydrogens is 420 g/mol. The summed E-state index contributed by atoms with van der Waals surface area (Å²) in [4.78, 5) is 35.3. The summed E-state index contributed by atoms with van der Waals surface area (Å²) in [5, 5.41) is 16.8. The van der Waals surface area contributed by atoms with Gasteiger partial charge < -0.3 is 15.3 Å². The Bertz CT molecular complexity index is 1180. The van der Waals surface area contributed by atoms with E-state index >= 15 is 0 Å².